The summed E-state index contributed by atoms with van der Waals surface area (Å²) < 4.78 is 0. The van der Waals surface area contributed by atoms with E-state index in [-0.39, 0.29) is 17.7 Å². The Balaban J connectivity index is 2.05. The number of hydrazine groups is 1. The van der Waals surface area contributed by atoms with Crippen LogP contribution >= 0.6 is 11.8 Å². The minimum absolute atomic E-state index is 0.0319. The number of amides is 2. The first-order valence-electron chi connectivity index (χ1n) is 3.93. The Labute approximate surface area is 75.2 Å². The van der Waals surface area contributed by atoms with Gasteiger partial charge in [0.05, 0.1) is 0 Å². The summed E-state index contributed by atoms with van der Waals surface area (Å²) in [5.41, 5.74) is 3.06. The van der Waals surface area contributed by atoms with Gasteiger partial charge >= 0.3 is 6.03 Å². The second-order valence-corrected chi connectivity index (χ2v) is 3.76. The minimum Gasteiger partial charge on any atom is -0.312 e. The van der Waals surface area contributed by atoms with Gasteiger partial charge in [0.1, 0.15) is 11.7 Å². The maximum absolute atomic E-state index is 11.3. The lowest BCUT2D eigenvalue weighted by atomic mass is 10.3. The van der Waals surface area contributed by atoms with E-state index in [2.05, 4.69) is 16.1 Å². The first-order valence-corrected chi connectivity index (χ1v) is 5.22. The van der Waals surface area contributed by atoms with Crippen molar-refractivity contribution in [2.45, 2.75) is 18.1 Å². The Morgan fingerprint density at radius 1 is 1.67 bits per heavy atom. The molecule has 0 saturated carbocycles. The quantitative estimate of drug-likeness (QED) is 0.518. The number of carbonyl (C=O) groups is 1. The number of fused-ring (bicyclic) bond motifs is 1. The fraction of sp³-hybridized carbons (Fsp3) is 0.833. The summed E-state index contributed by atoms with van der Waals surface area (Å²) in [6, 6.07) is -0.0319. The van der Waals surface area contributed by atoms with Crippen LogP contribution in [0.15, 0.2) is 0 Å². The van der Waals surface area contributed by atoms with Crippen molar-refractivity contribution >= 4 is 17.8 Å². The standard InChI is InChI=1S/C6H12N4OS/c1-12-5-8-4-2-3-7-10(4)6(11)9-5/h4-5,7-8H,2-3H2,1H3,(H,9,11). The summed E-state index contributed by atoms with van der Waals surface area (Å²) in [6.07, 6.45) is 3.11. The lowest BCUT2D eigenvalue weighted by molar-refractivity contribution is 0.132. The van der Waals surface area contributed by atoms with Gasteiger partial charge in [0.2, 0.25) is 0 Å². The molecule has 0 bridgehead atoms. The molecule has 2 heterocycles. The molecule has 0 aromatic heterocycles. The summed E-state index contributed by atoms with van der Waals surface area (Å²) in [5.74, 6) is 0. The van der Waals surface area contributed by atoms with E-state index in [4.69, 9.17) is 0 Å². The van der Waals surface area contributed by atoms with Gasteiger partial charge in [-0.25, -0.2) is 15.2 Å². The summed E-state index contributed by atoms with van der Waals surface area (Å²) in [7, 11) is 0. The molecule has 0 spiro atoms. The van der Waals surface area contributed by atoms with Crippen molar-refractivity contribution in [3.05, 3.63) is 0 Å². The van der Waals surface area contributed by atoms with Crippen LogP contribution in [0, 0.1) is 0 Å². The molecule has 0 aromatic rings. The van der Waals surface area contributed by atoms with Gasteiger partial charge in [-0.1, -0.05) is 0 Å². The van der Waals surface area contributed by atoms with Crippen LogP contribution in [-0.2, 0) is 0 Å². The molecule has 2 saturated heterocycles. The molecule has 6 heteroatoms. The second kappa shape index (κ2) is 3.12. The molecule has 2 unspecified atom stereocenters. The number of thioether (sulfide) groups is 1. The number of rotatable bonds is 1. The van der Waals surface area contributed by atoms with Crippen molar-refractivity contribution in [2.24, 2.45) is 0 Å². The maximum Gasteiger partial charge on any atom is 0.335 e. The molecule has 12 heavy (non-hydrogen) atoms. The Morgan fingerprint density at radius 3 is 3.25 bits per heavy atom. The van der Waals surface area contributed by atoms with Gasteiger partial charge in [0.15, 0.2) is 0 Å². The molecule has 3 N–H and O–H groups in total. The van der Waals surface area contributed by atoms with Gasteiger partial charge in [-0.2, -0.15) is 0 Å². The Bertz CT molecular complexity index is 200. The zero-order valence-corrected chi connectivity index (χ0v) is 7.65. The molecule has 2 aliphatic rings. The van der Waals surface area contributed by atoms with Gasteiger partial charge in [-0.3, -0.25) is 5.32 Å². The highest BCUT2D eigenvalue weighted by atomic mass is 32.2. The van der Waals surface area contributed by atoms with Crippen LogP contribution in [0.4, 0.5) is 4.79 Å². The summed E-state index contributed by atoms with van der Waals surface area (Å²) >= 11 is 1.60. The van der Waals surface area contributed by atoms with E-state index in [0.717, 1.165) is 13.0 Å². The molecule has 2 rings (SSSR count). The average Bonchev–Trinajstić information content (AvgIpc) is 2.52. The third kappa shape index (κ3) is 1.26. The smallest absolute Gasteiger partial charge is 0.312 e. The van der Waals surface area contributed by atoms with Gasteiger partial charge in [0.25, 0.3) is 0 Å². The van der Waals surface area contributed by atoms with Gasteiger partial charge in [-0.15, -0.1) is 11.8 Å². The third-order valence-electron chi connectivity index (χ3n) is 2.06. The van der Waals surface area contributed by atoms with E-state index in [9.17, 15) is 4.79 Å². The molecule has 0 aliphatic carbocycles. The molecule has 2 fully saturated rings. The SMILES string of the molecule is CSC1NC(=O)N2NCCC2N1. The molecule has 2 atom stereocenters. The largest absolute Gasteiger partial charge is 0.335 e. The highest BCUT2D eigenvalue weighted by Gasteiger charge is 2.35. The molecule has 2 amide bonds. The van der Waals surface area contributed by atoms with Crippen LogP contribution in [0.3, 0.4) is 0 Å². The highest BCUT2D eigenvalue weighted by molar-refractivity contribution is 7.99. The number of hydrogen-bond donors (Lipinski definition) is 3. The van der Waals surface area contributed by atoms with Crippen LogP contribution < -0.4 is 16.1 Å². The Kier molecular flexibility index (Phi) is 2.12. The van der Waals surface area contributed by atoms with Crippen molar-refractivity contribution in [2.75, 3.05) is 12.8 Å². The fourth-order valence-corrected chi connectivity index (χ4v) is 1.97. The van der Waals surface area contributed by atoms with E-state index >= 15 is 0 Å². The molecule has 0 radical (unpaired) electrons. The van der Waals surface area contributed by atoms with Gasteiger partial charge < -0.3 is 5.32 Å². The molecular weight excluding hydrogens is 176 g/mol. The molecule has 5 nitrogen and oxygen atoms in total. The Hall–Kier alpha value is -0.460. The number of nitrogens with one attached hydrogen (secondary N) is 3. The molecular formula is C6H12N4OS. The molecule has 68 valence electrons. The Morgan fingerprint density at radius 2 is 2.50 bits per heavy atom. The van der Waals surface area contributed by atoms with Crippen LogP contribution in [0.25, 0.3) is 0 Å². The van der Waals surface area contributed by atoms with E-state index in [0.29, 0.717) is 0 Å². The lowest BCUT2D eigenvalue weighted by Crippen LogP contribution is -2.64. The molecule has 0 aromatic carbocycles. The maximum atomic E-state index is 11.3. The predicted molar refractivity (Wildman–Crippen MR) is 47.2 cm³/mol. The first kappa shape index (κ1) is 8.15. The van der Waals surface area contributed by atoms with Crippen LogP contribution in [0.1, 0.15) is 6.42 Å². The highest BCUT2D eigenvalue weighted by Crippen LogP contribution is 2.14. The average molecular weight is 188 g/mol. The van der Waals surface area contributed by atoms with Crippen molar-refractivity contribution in [3.63, 3.8) is 0 Å². The third-order valence-corrected chi connectivity index (χ3v) is 2.79. The van der Waals surface area contributed by atoms with Crippen LogP contribution in [0.5, 0.6) is 0 Å². The summed E-state index contributed by atoms with van der Waals surface area (Å²) in [6.45, 7) is 0.867. The summed E-state index contributed by atoms with van der Waals surface area (Å²) in [5, 5.41) is 7.72. The number of hydrogen-bond acceptors (Lipinski definition) is 4. The fourth-order valence-electron chi connectivity index (χ4n) is 1.46. The van der Waals surface area contributed by atoms with Crippen molar-refractivity contribution in [3.8, 4) is 0 Å². The topological polar surface area (TPSA) is 56.4 Å². The van der Waals surface area contributed by atoms with Gasteiger partial charge in [0, 0.05) is 6.54 Å². The zero-order valence-electron chi connectivity index (χ0n) is 6.83. The van der Waals surface area contributed by atoms with E-state index in [1.807, 2.05) is 6.26 Å². The van der Waals surface area contributed by atoms with Crippen LogP contribution in [-0.4, -0.2) is 35.5 Å². The second-order valence-electron chi connectivity index (χ2n) is 2.81. The van der Waals surface area contributed by atoms with Crippen molar-refractivity contribution < 1.29 is 4.79 Å². The number of nitrogens with zero attached hydrogens (tertiary/aromatic N) is 1. The first-order chi connectivity index (χ1) is 5.81. The monoisotopic (exact) mass is 188 g/mol. The number of urea groups is 1. The van der Waals surface area contributed by atoms with Crippen LogP contribution in [0.2, 0.25) is 0 Å². The normalized spacial score (nSPS) is 34.8. The zero-order chi connectivity index (χ0) is 8.55. The van der Waals surface area contributed by atoms with Crippen molar-refractivity contribution in [1.29, 1.82) is 0 Å². The van der Waals surface area contributed by atoms with E-state index in [1.54, 1.807) is 16.8 Å². The van der Waals surface area contributed by atoms with Gasteiger partial charge in [-0.05, 0) is 12.7 Å². The van der Waals surface area contributed by atoms with E-state index < -0.39 is 0 Å². The predicted octanol–water partition coefficient (Wildman–Crippen LogP) is -0.518. The lowest BCUT2D eigenvalue weighted by Gasteiger charge is -2.35. The number of carbonyl (C=O) groups excluding carboxylic acids is 1. The van der Waals surface area contributed by atoms with E-state index in [1.165, 1.54) is 0 Å². The minimum atomic E-state index is -0.0319. The summed E-state index contributed by atoms with van der Waals surface area (Å²) in [4.78, 5) is 11.3. The molecule has 2 aliphatic heterocycles. The van der Waals surface area contributed by atoms with Crippen molar-refractivity contribution in [1.82, 2.24) is 21.1 Å².